The van der Waals surface area contributed by atoms with Gasteiger partial charge in [-0.25, -0.2) is 0 Å². The molecular weight excluding hydrogens is 300 g/mol. The first kappa shape index (κ1) is 16.7. The van der Waals surface area contributed by atoms with Crippen LogP contribution in [0, 0.1) is 11.8 Å². The maximum atomic E-state index is 13.0. The molecule has 2 amide bonds. The molecule has 0 radical (unpaired) electrons. The molecule has 1 aliphatic heterocycles. The van der Waals surface area contributed by atoms with E-state index < -0.39 is 0 Å². The molecule has 1 aromatic rings. The van der Waals surface area contributed by atoms with Crippen molar-refractivity contribution in [3.63, 3.8) is 0 Å². The van der Waals surface area contributed by atoms with Crippen molar-refractivity contribution in [3.8, 4) is 0 Å². The van der Waals surface area contributed by atoms with E-state index in [0.29, 0.717) is 11.6 Å². The van der Waals surface area contributed by atoms with Crippen LogP contribution in [-0.4, -0.2) is 29.8 Å². The normalized spacial score (nSPS) is 24.2. The van der Waals surface area contributed by atoms with Gasteiger partial charge in [0.2, 0.25) is 5.91 Å². The Labute approximate surface area is 143 Å². The van der Waals surface area contributed by atoms with E-state index in [4.69, 9.17) is 0 Å². The molecule has 1 aliphatic carbocycles. The Morgan fingerprint density at radius 3 is 2.50 bits per heavy atom. The van der Waals surface area contributed by atoms with Gasteiger partial charge in [0.1, 0.15) is 5.70 Å². The lowest BCUT2D eigenvalue weighted by Gasteiger charge is -2.41. The third kappa shape index (κ3) is 4.05. The van der Waals surface area contributed by atoms with Gasteiger partial charge in [-0.05, 0) is 36.3 Å². The lowest BCUT2D eigenvalue weighted by molar-refractivity contribution is -0.132. The summed E-state index contributed by atoms with van der Waals surface area (Å²) < 4.78 is 0. The smallest absolute Gasteiger partial charge is 0.270 e. The number of nitrogens with zero attached hydrogens (tertiary/aromatic N) is 1. The molecule has 0 spiro atoms. The SMILES string of the molecule is CC(=O)N/C(=C\c1ccccc1)C(=O)N1CC[C@H]2CCCC[C@H]2C1. The van der Waals surface area contributed by atoms with Crippen LogP contribution in [0.25, 0.3) is 6.08 Å². The van der Waals surface area contributed by atoms with E-state index in [2.05, 4.69) is 5.32 Å². The summed E-state index contributed by atoms with van der Waals surface area (Å²) in [6, 6.07) is 9.65. The van der Waals surface area contributed by atoms with Crippen LogP contribution in [0.15, 0.2) is 36.0 Å². The number of likely N-dealkylation sites (tertiary alicyclic amines) is 1. The molecule has 24 heavy (non-hydrogen) atoms. The van der Waals surface area contributed by atoms with Gasteiger partial charge in [-0.15, -0.1) is 0 Å². The van der Waals surface area contributed by atoms with E-state index in [-0.39, 0.29) is 11.8 Å². The first-order valence-corrected chi connectivity index (χ1v) is 8.97. The van der Waals surface area contributed by atoms with Crippen molar-refractivity contribution >= 4 is 17.9 Å². The molecule has 3 rings (SSSR count). The summed E-state index contributed by atoms with van der Waals surface area (Å²) in [5, 5.41) is 2.73. The number of carbonyl (C=O) groups excluding carboxylic acids is 2. The van der Waals surface area contributed by atoms with Crippen LogP contribution in [0.5, 0.6) is 0 Å². The minimum Gasteiger partial charge on any atom is -0.337 e. The Morgan fingerprint density at radius 1 is 1.08 bits per heavy atom. The zero-order valence-electron chi connectivity index (χ0n) is 14.3. The fraction of sp³-hybridized carbons (Fsp3) is 0.500. The molecule has 4 heteroatoms. The second kappa shape index (κ2) is 7.65. The summed E-state index contributed by atoms with van der Waals surface area (Å²) in [6.07, 6.45) is 8.02. The van der Waals surface area contributed by atoms with Crippen molar-refractivity contribution in [1.82, 2.24) is 10.2 Å². The summed E-state index contributed by atoms with van der Waals surface area (Å²) in [7, 11) is 0. The molecular formula is C20H26N2O2. The number of fused-ring (bicyclic) bond motifs is 1. The molecule has 128 valence electrons. The first-order valence-electron chi connectivity index (χ1n) is 8.97. The number of amides is 2. The monoisotopic (exact) mass is 326 g/mol. The highest BCUT2D eigenvalue weighted by atomic mass is 16.2. The summed E-state index contributed by atoms with van der Waals surface area (Å²) in [5.74, 6) is 1.15. The molecule has 0 unspecified atom stereocenters. The second-order valence-electron chi connectivity index (χ2n) is 6.99. The zero-order valence-corrected chi connectivity index (χ0v) is 14.3. The standard InChI is InChI=1S/C20H26N2O2/c1-15(23)21-19(13-16-7-3-2-4-8-16)20(24)22-12-11-17-9-5-6-10-18(17)14-22/h2-4,7-8,13,17-18H,5-6,9-12,14H2,1H3,(H,21,23)/b19-13-/t17-,18+/m1/s1. The van der Waals surface area contributed by atoms with Crippen LogP contribution in [-0.2, 0) is 9.59 Å². The fourth-order valence-electron chi connectivity index (χ4n) is 4.01. The molecule has 1 saturated carbocycles. The molecule has 4 nitrogen and oxygen atoms in total. The van der Waals surface area contributed by atoms with Gasteiger partial charge in [-0.3, -0.25) is 9.59 Å². The predicted molar refractivity (Wildman–Crippen MR) is 94.9 cm³/mol. The van der Waals surface area contributed by atoms with Gasteiger partial charge in [0.15, 0.2) is 0 Å². The largest absolute Gasteiger partial charge is 0.337 e. The van der Waals surface area contributed by atoms with Crippen LogP contribution in [0.4, 0.5) is 0 Å². The average Bonchev–Trinajstić information content (AvgIpc) is 2.60. The van der Waals surface area contributed by atoms with Gasteiger partial charge in [0, 0.05) is 20.0 Å². The Morgan fingerprint density at radius 2 is 1.79 bits per heavy atom. The van der Waals surface area contributed by atoms with Crippen molar-refractivity contribution in [1.29, 1.82) is 0 Å². The number of nitrogens with one attached hydrogen (secondary N) is 1. The third-order valence-corrected chi connectivity index (χ3v) is 5.23. The van der Waals surface area contributed by atoms with E-state index in [1.807, 2.05) is 35.2 Å². The minimum absolute atomic E-state index is 0.0573. The molecule has 1 aromatic carbocycles. The highest BCUT2D eigenvalue weighted by molar-refractivity contribution is 6.01. The third-order valence-electron chi connectivity index (χ3n) is 5.23. The molecule has 1 N–H and O–H groups in total. The molecule has 2 atom stereocenters. The van der Waals surface area contributed by atoms with Crippen molar-refractivity contribution in [2.45, 2.75) is 39.0 Å². The summed E-state index contributed by atoms with van der Waals surface area (Å²) in [6.45, 7) is 3.07. The van der Waals surface area contributed by atoms with Gasteiger partial charge in [-0.2, -0.15) is 0 Å². The minimum atomic E-state index is -0.210. The topological polar surface area (TPSA) is 49.4 Å². The quantitative estimate of drug-likeness (QED) is 0.867. The Kier molecular flexibility index (Phi) is 5.34. The molecule has 1 saturated heterocycles. The van der Waals surface area contributed by atoms with Crippen LogP contribution >= 0.6 is 0 Å². The van der Waals surface area contributed by atoms with Gasteiger partial charge in [-0.1, -0.05) is 49.6 Å². The van der Waals surface area contributed by atoms with Gasteiger partial charge < -0.3 is 10.2 Å². The van der Waals surface area contributed by atoms with Gasteiger partial charge >= 0.3 is 0 Å². The lowest BCUT2D eigenvalue weighted by atomic mass is 9.75. The van der Waals surface area contributed by atoms with E-state index in [9.17, 15) is 9.59 Å². The predicted octanol–water partition coefficient (Wildman–Crippen LogP) is 3.20. The van der Waals surface area contributed by atoms with Gasteiger partial charge in [0.25, 0.3) is 5.91 Å². The number of benzene rings is 1. The van der Waals surface area contributed by atoms with Crippen LogP contribution in [0.3, 0.4) is 0 Å². The molecule has 1 heterocycles. The maximum Gasteiger partial charge on any atom is 0.270 e. The van der Waals surface area contributed by atoms with Crippen molar-refractivity contribution in [2.75, 3.05) is 13.1 Å². The Balaban J connectivity index is 1.76. The molecule has 0 aromatic heterocycles. The number of hydrogen-bond donors (Lipinski definition) is 1. The molecule has 0 bridgehead atoms. The number of carbonyl (C=O) groups is 2. The van der Waals surface area contributed by atoms with E-state index in [0.717, 1.165) is 31.0 Å². The summed E-state index contributed by atoms with van der Waals surface area (Å²) >= 11 is 0. The number of piperidine rings is 1. The Hall–Kier alpha value is -2.10. The Bertz CT molecular complexity index is 624. The number of rotatable bonds is 3. The average molecular weight is 326 g/mol. The van der Waals surface area contributed by atoms with Gasteiger partial charge in [0.05, 0.1) is 0 Å². The van der Waals surface area contributed by atoms with E-state index >= 15 is 0 Å². The van der Waals surface area contributed by atoms with E-state index in [1.165, 1.54) is 32.6 Å². The van der Waals surface area contributed by atoms with E-state index in [1.54, 1.807) is 6.08 Å². The van der Waals surface area contributed by atoms with Crippen molar-refractivity contribution in [2.24, 2.45) is 11.8 Å². The first-order chi connectivity index (χ1) is 11.6. The maximum absolute atomic E-state index is 13.0. The molecule has 2 fully saturated rings. The fourth-order valence-corrected chi connectivity index (χ4v) is 4.01. The highest BCUT2D eigenvalue weighted by Gasteiger charge is 2.33. The van der Waals surface area contributed by atoms with Crippen LogP contribution in [0.1, 0.15) is 44.6 Å². The van der Waals surface area contributed by atoms with Crippen LogP contribution in [0.2, 0.25) is 0 Å². The summed E-state index contributed by atoms with van der Waals surface area (Å²) in [5.41, 5.74) is 1.30. The number of hydrogen-bond acceptors (Lipinski definition) is 2. The summed E-state index contributed by atoms with van der Waals surface area (Å²) in [4.78, 5) is 26.4. The van der Waals surface area contributed by atoms with Crippen LogP contribution < -0.4 is 5.32 Å². The highest BCUT2D eigenvalue weighted by Crippen LogP contribution is 2.36. The van der Waals surface area contributed by atoms with Crippen molar-refractivity contribution < 1.29 is 9.59 Å². The zero-order chi connectivity index (χ0) is 16.9. The van der Waals surface area contributed by atoms with Crippen molar-refractivity contribution in [3.05, 3.63) is 41.6 Å². The lowest BCUT2D eigenvalue weighted by Crippen LogP contribution is -2.47. The second-order valence-corrected chi connectivity index (χ2v) is 6.99. The molecule has 2 aliphatic rings.